The van der Waals surface area contributed by atoms with Crippen LogP contribution in [0.1, 0.15) is 30.6 Å². The minimum atomic E-state index is -1.01. The van der Waals surface area contributed by atoms with E-state index in [4.69, 9.17) is 0 Å². The summed E-state index contributed by atoms with van der Waals surface area (Å²) < 4.78 is 13.9. The summed E-state index contributed by atoms with van der Waals surface area (Å²) in [7, 11) is 0. The van der Waals surface area contributed by atoms with E-state index in [1.54, 1.807) is 6.92 Å². The number of halogens is 1. The highest BCUT2D eigenvalue weighted by atomic mass is 19.1. The molecule has 0 radical (unpaired) electrons. The Morgan fingerprint density at radius 1 is 1.36 bits per heavy atom. The van der Waals surface area contributed by atoms with Gasteiger partial charge in [0.25, 0.3) is 5.91 Å². The fourth-order valence-electron chi connectivity index (χ4n) is 2.45. The highest BCUT2D eigenvalue weighted by Crippen LogP contribution is 2.31. The first-order valence-electron chi connectivity index (χ1n) is 6.83. The molecule has 1 aromatic carbocycles. The van der Waals surface area contributed by atoms with Gasteiger partial charge in [0.15, 0.2) is 0 Å². The number of hydrogen-bond donors (Lipinski definition) is 2. The second-order valence-electron chi connectivity index (χ2n) is 5.72. The molecule has 118 valence electrons. The molecule has 1 unspecified atom stereocenters. The van der Waals surface area contributed by atoms with Crippen molar-refractivity contribution in [2.45, 2.75) is 20.3 Å². The number of likely N-dealkylation sites (tertiary alicyclic amines) is 1. The lowest BCUT2D eigenvalue weighted by Crippen LogP contribution is -2.35. The molecule has 1 aromatic rings. The summed E-state index contributed by atoms with van der Waals surface area (Å²) in [5, 5.41) is 11.7. The summed E-state index contributed by atoms with van der Waals surface area (Å²) in [4.78, 5) is 36.0. The molecule has 1 heterocycles. The molecule has 22 heavy (non-hydrogen) atoms. The lowest BCUT2D eigenvalue weighted by atomic mass is 9.90. The smallest absolute Gasteiger partial charge is 0.311 e. The van der Waals surface area contributed by atoms with E-state index >= 15 is 0 Å². The van der Waals surface area contributed by atoms with Crippen LogP contribution in [0.25, 0.3) is 0 Å². The van der Waals surface area contributed by atoms with Crippen molar-refractivity contribution in [1.29, 1.82) is 0 Å². The Kier molecular flexibility index (Phi) is 4.16. The maximum absolute atomic E-state index is 13.9. The fraction of sp³-hybridized carbons (Fsp3) is 0.400. The summed E-state index contributed by atoms with van der Waals surface area (Å²) in [6.07, 6.45) is 0.321. The zero-order valence-electron chi connectivity index (χ0n) is 12.4. The Bertz CT molecular complexity index is 646. The largest absolute Gasteiger partial charge is 0.481 e. The van der Waals surface area contributed by atoms with Crippen LogP contribution in [0.2, 0.25) is 0 Å². The Balaban J connectivity index is 2.23. The van der Waals surface area contributed by atoms with Gasteiger partial charge in [0.05, 0.1) is 11.0 Å². The maximum Gasteiger partial charge on any atom is 0.311 e. The lowest BCUT2D eigenvalue weighted by molar-refractivity contribution is -0.147. The predicted molar refractivity (Wildman–Crippen MR) is 77.0 cm³/mol. The van der Waals surface area contributed by atoms with Crippen molar-refractivity contribution < 1.29 is 23.9 Å². The summed E-state index contributed by atoms with van der Waals surface area (Å²) in [6.45, 7) is 3.16. The number of nitrogens with one attached hydrogen (secondary N) is 1. The van der Waals surface area contributed by atoms with Gasteiger partial charge >= 0.3 is 5.97 Å². The van der Waals surface area contributed by atoms with Crippen LogP contribution in [0.5, 0.6) is 0 Å². The van der Waals surface area contributed by atoms with Gasteiger partial charge < -0.3 is 15.3 Å². The second kappa shape index (κ2) is 5.75. The molecule has 0 aromatic heterocycles. The van der Waals surface area contributed by atoms with Gasteiger partial charge in [0, 0.05) is 25.7 Å². The Hall–Kier alpha value is -2.44. The number of carboxylic acids is 1. The van der Waals surface area contributed by atoms with Crippen LogP contribution < -0.4 is 5.32 Å². The number of benzene rings is 1. The average molecular weight is 308 g/mol. The highest BCUT2D eigenvalue weighted by molar-refractivity contribution is 5.97. The Morgan fingerprint density at radius 3 is 2.59 bits per heavy atom. The van der Waals surface area contributed by atoms with Crippen molar-refractivity contribution in [3.63, 3.8) is 0 Å². The SMILES string of the molecule is CC(=O)Nc1ccc(F)c(C(=O)N2CCC(C)(C(=O)O)C2)c1. The van der Waals surface area contributed by atoms with Crippen molar-refractivity contribution in [1.82, 2.24) is 4.90 Å². The number of carboxylic acid groups (broad SMARTS) is 1. The lowest BCUT2D eigenvalue weighted by Gasteiger charge is -2.20. The Morgan fingerprint density at radius 2 is 2.05 bits per heavy atom. The quantitative estimate of drug-likeness (QED) is 0.890. The molecule has 2 rings (SSSR count). The van der Waals surface area contributed by atoms with E-state index in [0.717, 1.165) is 6.07 Å². The van der Waals surface area contributed by atoms with E-state index in [9.17, 15) is 23.9 Å². The number of anilines is 1. The molecule has 2 amide bonds. The molecule has 7 heteroatoms. The highest BCUT2D eigenvalue weighted by Gasteiger charge is 2.42. The number of aliphatic carboxylic acids is 1. The van der Waals surface area contributed by atoms with Crippen molar-refractivity contribution in [3.8, 4) is 0 Å². The van der Waals surface area contributed by atoms with Gasteiger partial charge in [-0.25, -0.2) is 4.39 Å². The van der Waals surface area contributed by atoms with Gasteiger partial charge in [-0.2, -0.15) is 0 Å². The molecule has 1 aliphatic heterocycles. The molecular formula is C15H17FN2O4. The van der Waals surface area contributed by atoms with E-state index in [1.165, 1.54) is 24.0 Å². The van der Waals surface area contributed by atoms with Gasteiger partial charge in [0.1, 0.15) is 5.82 Å². The van der Waals surface area contributed by atoms with Crippen LogP contribution in [0.3, 0.4) is 0 Å². The first-order chi connectivity index (χ1) is 10.2. The second-order valence-corrected chi connectivity index (χ2v) is 5.72. The fourth-order valence-corrected chi connectivity index (χ4v) is 2.45. The molecule has 6 nitrogen and oxygen atoms in total. The predicted octanol–water partition coefficient (Wildman–Crippen LogP) is 1.72. The molecule has 0 aliphatic carbocycles. The molecule has 1 fully saturated rings. The Labute approximate surface area is 126 Å². The van der Waals surface area contributed by atoms with Gasteiger partial charge in [-0.05, 0) is 31.5 Å². The van der Waals surface area contributed by atoms with E-state index in [2.05, 4.69) is 5.32 Å². The van der Waals surface area contributed by atoms with Crippen molar-refractivity contribution in [2.75, 3.05) is 18.4 Å². The maximum atomic E-state index is 13.9. The summed E-state index contributed by atoms with van der Waals surface area (Å²) in [6, 6.07) is 3.72. The molecule has 1 aliphatic rings. The van der Waals surface area contributed by atoms with E-state index in [-0.39, 0.29) is 24.6 Å². The van der Waals surface area contributed by atoms with Gasteiger partial charge in [-0.1, -0.05) is 0 Å². The number of nitrogens with zero attached hydrogens (tertiary/aromatic N) is 1. The molecule has 0 bridgehead atoms. The minimum Gasteiger partial charge on any atom is -0.481 e. The third kappa shape index (κ3) is 3.08. The van der Waals surface area contributed by atoms with Gasteiger partial charge in [-0.15, -0.1) is 0 Å². The van der Waals surface area contributed by atoms with E-state index in [1.807, 2.05) is 0 Å². The number of carbonyl (C=O) groups is 3. The van der Waals surface area contributed by atoms with Crippen LogP contribution in [0.15, 0.2) is 18.2 Å². The molecular weight excluding hydrogens is 291 g/mol. The van der Waals surface area contributed by atoms with E-state index < -0.39 is 23.1 Å². The molecule has 0 spiro atoms. The monoisotopic (exact) mass is 308 g/mol. The van der Waals surface area contributed by atoms with E-state index in [0.29, 0.717) is 12.1 Å². The van der Waals surface area contributed by atoms with Crippen LogP contribution in [0.4, 0.5) is 10.1 Å². The topological polar surface area (TPSA) is 86.7 Å². The zero-order valence-corrected chi connectivity index (χ0v) is 12.4. The summed E-state index contributed by atoms with van der Waals surface area (Å²) >= 11 is 0. The normalized spacial score (nSPS) is 20.8. The number of carbonyl (C=O) groups excluding carboxylic acids is 2. The average Bonchev–Trinajstić information content (AvgIpc) is 2.84. The zero-order chi connectivity index (χ0) is 16.5. The number of hydrogen-bond acceptors (Lipinski definition) is 3. The number of amides is 2. The third-order valence-corrected chi connectivity index (χ3v) is 3.79. The first kappa shape index (κ1) is 15.9. The van der Waals surface area contributed by atoms with Crippen LogP contribution in [0, 0.1) is 11.2 Å². The van der Waals surface area contributed by atoms with Crippen LogP contribution in [-0.2, 0) is 9.59 Å². The molecule has 0 saturated carbocycles. The molecule has 1 saturated heterocycles. The van der Waals surface area contributed by atoms with Crippen molar-refractivity contribution in [2.24, 2.45) is 5.41 Å². The molecule has 1 atom stereocenters. The standard InChI is InChI=1S/C15H17FN2O4/c1-9(19)17-10-3-4-12(16)11(7-10)13(20)18-6-5-15(2,8-18)14(21)22/h3-4,7H,5-6,8H2,1-2H3,(H,17,19)(H,21,22). The number of rotatable bonds is 3. The minimum absolute atomic E-state index is 0.0327. The summed E-state index contributed by atoms with van der Waals surface area (Å²) in [5.41, 5.74) is -0.875. The van der Waals surface area contributed by atoms with Crippen LogP contribution in [-0.4, -0.2) is 40.9 Å². The third-order valence-electron chi connectivity index (χ3n) is 3.79. The van der Waals surface area contributed by atoms with Gasteiger partial charge in [-0.3, -0.25) is 14.4 Å². The van der Waals surface area contributed by atoms with Gasteiger partial charge in [0.2, 0.25) is 5.91 Å². The van der Waals surface area contributed by atoms with Crippen molar-refractivity contribution in [3.05, 3.63) is 29.6 Å². The first-order valence-corrected chi connectivity index (χ1v) is 6.83. The summed E-state index contributed by atoms with van der Waals surface area (Å²) in [5.74, 6) is -2.59. The van der Waals surface area contributed by atoms with Crippen LogP contribution >= 0.6 is 0 Å². The molecule has 2 N–H and O–H groups in total. The van der Waals surface area contributed by atoms with Crippen molar-refractivity contribution >= 4 is 23.5 Å².